The van der Waals surface area contributed by atoms with Gasteiger partial charge in [-0.15, -0.1) is 0 Å². The fraction of sp³-hybridized carbons (Fsp3) is 0.226. The van der Waals surface area contributed by atoms with E-state index in [9.17, 15) is 5.11 Å². The molecule has 1 N–H and O–H groups in total. The second-order valence-corrected chi connectivity index (χ2v) is 8.56. The maximum atomic E-state index is 10.0. The molecule has 0 amide bonds. The average Bonchev–Trinajstić information content (AvgIpc) is 2.95. The number of aliphatic hydroxyl groups is 1. The van der Waals surface area contributed by atoms with Crippen LogP contribution in [0.5, 0.6) is 28.7 Å². The van der Waals surface area contributed by atoms with E-state index in [2.05, 4.69) is 0 Å². The van der Waals surface area contributed by atoms with E-state index in [1.54, 1.807) is 21.1 Å². The molecule has 192 valence electrons. The van der Waals surface area contributed by atoms with E-state index < -0.39 is 6.10 Å². The summed E-state index contributed by atoms with van der Waals surface area (Å²) in [5.74, 6) is 3.50. The van der Waals surface area contributed by atoms with Crippen LogP contribution in [-0.4, -0.2) is 19.3 Å². The van der Waals surface area contributed by atoms with Crippen LogP contribution in [0.1, 0.15) is 35.3 Å². The number of para-hydroxylation sites is 1. The molecular formula is C31H32O6. The normalized spacial score (nSPS) is 11.5. The van der Waals surface area contributed by atoms with Crippen molar-refractivity contribution in [2.45, 2.75) is 32.8 Å². The molecule has 1 unspecified atom stereocenters. The SMILES string of the molecule is COc1ccc(COc2ccc(COc3ccccc3C(C)O)cc2OCc2ccc(OC)cc2)cc1. The number of hydrogen-bond acceptors (Lipinski definition) is 6. The Kier molecular flexibility index (Phi) is 8.89. The highest BCUT2D eigenvalue weighted by molar-refractivity contribution is 5.44. The lowest BCUT2D eigenvalue weighted by Gasteiger charge is -2.16. The molecule has 0 spiro atoms. The minimum absolute atomic E-state index is 0.321. The standard InChI is InChI=1S/C31H32O6/c1-22(32)28-6-4-5-7-29(28)35-21-25-12-17-30(36-19-23-8-13-26(33-2)14-9-23)31(18-25)37-20-24-10-15-27(34-3)16-11-24/h4-18,22,32H,19-21H2,1-3H3. The Hall–Kier alpha value is -4.16. The Morgan fingerprint density at radius 2 is 1.05 bits per heavy atom. The predicted octanol–water partition coefficient (Wildman–Crippen LogP) is 6.49. The number of hydrogen-bond donors (Lipinski definition) is 1. The molecule has 0 aliphatic carbocycles. The van der Waals surface area contributed by atoms with Gasteiger partial charge in [0.2, 0.25) is 0 Å². The molecule has 37 heavy (non-hydrogen) atoms. The van der Waals surface area contributed by atoms with E-state index in [4.69, 9.17) is 23.7 Å². The van der Waals surface area contributed by atoms with Gasteiger partial charge in [0.25, 0.3) is 0 Å². The predicted molar refractivity (Wildman–Crippen MR) is 143 cm³/mol. The van der Waals surface area contributed by atoms with Crippen LogP contribution >= 0.6 is 0 Å². The monoisotopic (exact) mass is 500 g/mol. The van der Waals surface area contributed by atoms with Crippen LogP contribution in [0.15, 0.2) is 91.0 Å². The third kappa shape index (κ3) is 7.18. The van der Waals surface area contributed by atoms with Crippen molar-refractivity contribution >= 4 is 0 Å². The van der Waals surface area contributed by atoms with Crippen LogP contribution in [0.4, 0.5) is 0 Å². The molecule has 4 rings (SSSR count). The summed E-state index contributed by atoms with van der Waals surface area (Å²) in [6, 6.07) is 28.8. The molecular weight excluding hydrogens is 468 g/mol. The van der Waals surface area contributed by atoms with Gasteiger partial charge in [-0.05, 0) is 66.1 Å². The van der Waals surface area contributed by atoms with Crippen LogP contribution in [0.25, 0.3) is 0 Å². The summed E-state index contributed by atoms with van der Waals surface area (Å²) in [7, 11) is 3.29. The van der Waals surface area contributed by atoms with E-state index in [0.29, 0.717) is 37.1 Å². The van der Waals surface area contributed by atoms with Crippen LogP contribution in [-0.2, 0) is 19.8 Å². The Labute approximate surface area is 218 Å². The van der Waals surface area contributed by atoms with Gasteiger partial charge in [0, 0.05) is 5.56 Å². The highest BCUT2D eigenvalue weighted by atomic mass is 16.5. The number of ether oxygens (including phenoxy) is 5. The van der Waals surface area contributed by atoms with Gasteiger partial charge >= 0.3 is 0 Å². The lowest BCUT2D eigenvalue weighted by atomic mass is 10.1. The van der Waals surface area contributed by atoms with Crippen molar-refractivity contribution in [1.82, 2.24) is 0 Å². The van der Waals surface area contributed by atoms with Crippen LogP contribution < -0.4 is 23.7 Å². The second-order valence-electron chi connectivity index (χ2n) is 8.56. The molecule has 0 aliphatic rings. The smallest absolute Gasteiger partial charge is 0.162 e. The number of rotatable bonds is 12. The third-order valence-corrected chi connectivity index (χ3v) is 5.88. The first kappa shape index (κ1) is 25.9. The highest BCUT2D eigenvalue weighted by Gasteiger charge is 2.12. The fourth-order valence-electron chi connectivity index (χ4n) is 3.76. The Balaban J connectivity index is 1.50. The van der Waals surface area contributed by atoms with Gasteiger partial charge in [-0.1, -0.05) is 48.5 Å². The maximum Gasteiger partial charge on any atom is 0.162 e. The van der Waals surface area contributed by atoms with Crippen molar-refractivity contribution in [2.75, 3.05) is 14.2 Å². The van der Waals surface area contributed by atoms with Gasteiger partial charge in [0.05, 0.1) is 20.3 Å². The van der Waals surface area contributed by atoms with Crippen molar-refractivity contribution < 1.29 is 28.8 Å². The van der Waals surface area contributed by atoms with Crippen LogP contribution in [0.3, 0.4) is 0 Å². The molecule has 0 saturated heterocycles. The highest BCUT2D eigenvalue weighted by Crippen LogP contribution is 2.32. The zero-order chi connectivity index (χ0) is 26.0. The van der Waals surface area contributed by atoms with Gasteiger partial charge in [0.15, 0.2) is 11.5 Å². The quantitative estimate of drug-likeness (QED) is 0.240. The van der Waals surface area contributed by atoms with E-state index in [0.717, 1.165) is 33.8 Å². The van der Waals surface area contributed by atoms with Gasteiger partial charge in [-0.2, -0.15) is 0 Å². The van der Waals surface area contributed by atoms with Gasteiger partial charge < -0.3 is 28.8 Å². The minimum atomic E-state index is -0.617. The van der Waals surface area contributed by atoms with Crippen LogP contribution in [0, 0.1) is 0 Å². The largest absolute Gasteiger partial charge is 0.497 e. The molecule has 0 heterocycles. The Bertz CT molecular complexity index is 1270. The summed E-state index contributed by atoms with van der Waals surface area (Å²) in [5, 5.41) is 10.0. The zero-order valence-corrected chi connectivity index (χ0v) is 21.3. The van der Waals surface area contributed by atoms with E-state index in [1.807, 2.05) is 91.0 Å². The molecule has 4 aromatic rings. The van der Waals surface area contributed by atoms with Gasteiger partial charge in [0.1, 0.15) is 37.1 Å². The summed E-state index contributed by atoms with van der Waals surface area (Å²) in [6.45, 7) is 2.81. The van der Waals surface area contributed by atoms with Gasteiger partial charge in [-0.25, -0.2) is 0 Å². The molecule has 0 radical (unpaired) electrons. The van der Waals surface area contributed by atoms with E-state index in [-0.39, 0.29) is 0 Å². The molecule has 0 fully saturated rings. The van der Waals surface area contributed by atoms with Crippen molar-refractivity contribution in [1.29, 1.82) is 0 Å². The summed E-state index contributed by atoms with van der Waals surface area (Å²) in [5.41, 5.74) is 3.69. The summed E-state index contributed by atoms with van der Waals surface area (Å²) >= 11 is 0. The molecule has 6 nitrogen and oxygen atoms in total. The number of methoxy groups -OCH3 is 2. The first-order chi connectivity index (χ1) is 18.1. The van der Waals surface area contributed by atoms with Crippen molar-refractivity contribution in [3.05, 3.63) is 113 Å². The fourth-order valence-corrected chi connectivity index (χ4v) is 3.76. The third-order valence-electron chi connectivity index (χ3n) is 5.88. The molecule has 1 atom stereocenters. The van der Waals surface area contributed by atoms with Crippen LogP contribution in [0.2, 0.25) is 0 Å². The molecule has 0 aliphatic heterocycles. The number of aliphatic hydroxyl groups excluding tert-OH is 1. The molecule has 0 saturated carbocycles. The number of benzene rings is 4. The first-order valence-electron chi connectivity index (χ1n) is 12.1. The lowest BCUT2D eigenvalue weighted by Crippen LogP contribution is -2.04. The zero-order valence-electron chi connectivity index (χ0n) is 21.3. The molecule has 0 bridgehead atoms. The topological polar surface area (TPSA) is 66.4 Å². The minimum Gasteiger partial charge on any atom is -0.497 e. The summed E-state index contributed by atoms with van der Waals surface area (Å²) in [6.07, 6.45) is -0.617. The van der Waals surface area contributed by atoms with E-state index >= 15 is 0 Å². The Morgan fingerprint density at radius 1 is 0.568 bits per heavy atom. The van der Waals surface area contributed by atoms with Crippen molar-refractivity contribution in [3.63, 3.8) is 0 Å². The molecule has 0 aromatic heterocycles. The second kappa shape index (κ2) is 12.7. The lowest BCUT2D eigenvalue weighted by molar-refractivity contribution is 0.190. The molecule has 6 heteroatoms. The average molecular weight is 501 g/mol. The first-order valence-corrected chi connectivity index (χ1v) is 12.1. The Morgan fingerprint density at radius 3 is 1.62 bits per heavy atom. The van der Waals surface area contributed by atoms with Crippen molar-refractivity contribution in [3.8, 4) is 28.7 Å². The van der Waals surface area contributed by atoms with E-state index in [1.165, 1.54) is 0 Å². The van der Waals surface area contributed by atoms with Crippen molar-refractivity contribution in [2.24, 2.45) is 0 Å². The summed E-state index contributed by atoms with van der Waals surface area (Å²) in [4.78, 5) is 0. The summed E-state index contributed by atoms with van der Waals surface area (Å²) < 4.78 is 28.8. The maximum absolute atomic E-state index is 10.0. The molecule has 4 aromatic carbocycles. The van der Waals surface area contributed by atoms with Gasteiger partial charge in [-0.3, -0.25) is 0 Å².